The third-order valence-corrected chi connectivity index (χ3v) is 4.91. The van der Waals surface area contributed by atoms with Crippen molar-refractivity contribution in [3.63, 3.8) is 0 Å². The van der Waals surface area contributed by atoms with E-state index < -0.39 is 27.7 Å². The highest BCUT2D eigenvalue weighted by molar-refractivity contribution is 7.90. The van der Waals surface area contributed by atoms with Crippen LogP contribution in [-0.2, 0) is 21.2 Å². The summed E-state index contributed by atoms with van der Waals surface area (Å²) in [5, 5.41) is 2.58. The van der Waals surface area contributed by atoms with Crippen molar-refractivity contribution >= 4 is 21.8 Å². The number of pyridine rings is 1. The van der Waals surface area contributed by atoms with Crippen LogP contribution < -0.4 is 10.0 Å². The summed E-state index contributed by atoms with van der Waals surface area (Å²) >= 11 is 0. The summed E-state index contributed by atoms with van der Waals surface area (Å²) in [4.78, 5) is 27.8. The van der Waals surface area contributed by atoms with Crippen LogP contribution in [0.4, 0.5) is 4.39 Å². The number of halogens is 1. The first-order valence-corrected chi connectivity index (χ1v) is 9.98. The van der Waals surface area contributed by atoms with E-state index in [2.05, 4.69) is 10.3 Å². The number of nitrogens with zero attached hydrogens (tertiary/aromatic N) is 1. The molecule has 0 unspecified atom stereocenters. The van der Waals surface area contributed by atoms with Crippen molar-refractivity contribution in [3.8, 4) is 0 Å². The van der Waals surface area contributed by atoms with Gasteiger partial charge in [-0.2, -0.15) is 0 Å². The van der Waals surface area contributed by atoms with E-state index in [9.17, 15) is 22.4 Å². The van der Waals surface area contributed by atoms with Crippen molar-refractivity contribution < 1.29 is 27.1 Å². The van der Waals surface area contributed by atoms with Crippen molar-refractivity contribution in [2.45, 2.75) is 6.42 Å². The Bertz CT molecular complexity index is 915. The van der Waals surface area contributed by atoms with Gasteiger partial charge >= 0.3 is 0 Å². The second kappa shape index (κ2) is 9.90. The highest BCUT2D eigenvalue weighted by atomic mass is 32.2. The molecular formula is C18H20FN3O5S. The topological polar surface area (TPSA) is 114 Å². The van der Waals surface area contributed by atoms with E-state index in [4.69, 9.17) is 4.74 Å². The van der Waals surface area contributed by atoms with E-state index >= 15 is 0 Å². The zero-order valence-corrected chi connectivity index (χ0v) is 16.0. The molecule has 0 saturated heterocycles. The monoisotopic (exact) mass is 409 g/mol. The van der Waals surface area contributed by atoms with Crippen molar-refractivity contribution in [3.05, 3.63) is 65.2 Å². The molecule has 0 fully saturated rings. The normalized spacial score (nSPS) is 11.1. The maximum atomic E-state index is 12.9. The molecule has 150 valence electrons. The highest BCUT2D eigenvalue weighted by Crippen LogP contribution is 2.06. The van der Waals surface area contributed by atoms with Gasteiger partial charge in [-0.1, -0.05) is 12.1 Å². The van der Waals surface area contributed by atoms with Crippen LogP contribution in [0.25, 0.3) is 0 Å². The Morgan fingerprint density at radius 3 is 2.43 bits per heavy atom. The minimum atomic E-state index is -3.89. The fraction of sp³-hybridized carbons (Fsp3) is 0.278. The Kier molecular flexibility index (Phi) is 7.59. The summed E-state index contributed by atoms with van der Waals surface area (Å²) in [6, 6.07) is 8.06. The smallest absolute Gasteiger partial charge is 0.269 e. The van der Waals surface area contributed by atoms with E-state index in [1.165, 1.54) is 43.5 Å². The van der Waals surface area contributed by atoms with Crippen molar-refractivity contribution in [2.24, 2.45) is 0 Å². The van der Waals surface area contributed by atoms with Crippen LogP contribution >= 0.6 is 0 Å². The lowest BCUT2D eigenvalue weighted by atomic mass is 10.2. The first-order chi connectivity index (χ1) is 13.3. The average Bonchev–Trinajstić information content (AvgIpc) is 2.67. The van der Waals surface area contributed by atoms with Gasteiger partial charge in [0, 0.05) is 19.9 Å². The molecule has 0 aliphatic rings. The summed E-state index contributed by atoms with van der Waals surface area (Å²) in [6.07, 6.45) is 1.25. The van der Waals surface area contributed by atoms with Gasteiger partial charge in [-0.15, -0.1) is 0 Å². The first-order valence-electron chi connectivity index (χ1n) is 8.33. The van der Waals surface area contributed by atoms with Crippen LogP contribution in [0.2, 0.25) is 0 Å². The lowest BCUT2D eigenvalue weighted by molar-refractivity contribution is 0.0929. The van der Waals surface area contributed by atoms with E-state index in [-0.39, 0.29) is 23.4 Å². The van der Waals surface area contributed by atoms with Crippen molar-refractivity contribution in [2.75, 3.05) is 26.0 Å². The molecule has 0 atom stereocenters. The van der Waals surface area contributed by atoms with E-state index in [0.29, 0.717) is 18.7 Å². The number of carbonyl (C=O) groups excluding carboxylic acids is 2. The highest BCUT2D eigenvalue weighted by Gasteiger charge is 2.17. The zero-order valence-electron chi connectivity index (χ0n) is 15.1. The fourth-order valence-corrected chi connectivity index (χ4v) is 3.18. The molecule has 0 radical (unpaired) electrons. The van der Waals surface area contributed by atoms with Gasteiger partial charge in [-0.05, 0) is 36.2 Å². The van der Waals surface area contributed by atoms with Crippen LogP contribution in [0, 0.1) is 5.82 Å². The number of amides is 2. The summed E-state index contributed by atoms with van der Waals surface area (Å²) in [7, 11) is -2.39. The number of aryl methyl sites for hydroxylation is 1. The van der Waals surface area contributed by atoms with Gasteiger partial charge in [0.05, 0.1) is 17.9 Å². The van der Waals surface area contributed by atoms with Gasteiger partial charge in [-0.25, -0.2) is 17.5 Å². The fourth-order valence-electron chi connectivity index (χ4n) is 2.17. The van der Waals surface area contributed by atoms with Crippen LogP contribution in [0.5, 0.6) is 0 Å². The molecule has 2 N–H and O–H groups in total. The van der Waals surface area contributed by atoms with Crippen molar-refractivity contribution in [1.29, 1.82) is 0 Å². The number of nitrogens with one attached hydrogen (secondary N) is 2. The predicted octanol–water partition coefficient (Wildman–Crippen LogP) is 0.899. The quantitative estimate of drug-likeness (QED) is 0.595. The molecule has 0 saturated carbocycles. The molecule has 0 aliphatic heterocycles. The summed E-state index contributed by atoms with van der Waals surface area (Å²) < 4.78 is 43.8. The molecule has 0 bridgehead atoms. The average molecular weight is 409 g/mol. The van der Waals surface area contributed by atoms with E-state index in [1.807, 2.05) is 4.72 Å². The number of carbonyl (C=O) groups is 2. The SMILES string of the molecule is COCCNC(=O)c1ccc(C(=O)NS(=O)(=O)CCc2ccc(F)cc2)cn1. The van der Waals surface area contributed by atoms with E-state index in [1.54, 1.807) is 0 Å². The van der Waals surface area contributed by atoms with Gasteiger partial charge in [-0.3, -0.25) is 14.6 Å². The van der Waals surface area contributed by atoms with Crippen LogP contribution in [-0.4, -0.2) is 51.2 Å². The molecule has 2 amide bonds. The minimum Gasteiger partial charge on any atom is -0.383 e. The summed E-state index contributed by atoms with van der Waals surface area (Å²) in [5.74, 6) is -2.03. The Balaban J connectivity index is 1.91. The molecular weight excluding hydrogens is 389 g/mol. The second-order valence-electron chi connectivity index (χ2n) is 5.81. The van der Waals surface area contributed by atoms with Crippen molar-refractivity contribution in [1.82, 2.24) is 15.0 Å². The standard InChI is InChI=1S/C18H20FN3O5S/c1-27-10-9-20-18(24)16-7-4-14(12-21-16)17(23)22-28(25,26)11-8-13-2-5-15(19)6-3-13/h2-7,12H,8-11H2,1H3,(H,20,24)(H,22,23). The van der Waals surface area contributed by atoms with Crippen LogP contribution in [0.1, 0.15) is 26.4 Å². The number of sulfonamides is 1. The first kappa shape index (κ1) is 21.5. The number of rotatable bonds is 9. The maximum Gasteiger partial charge on any atom is 0.269 e. The molecule has 0 aliphatic carbocycles. The molecule has 8 nitrogen and oxygen atoms in total. The number of benzene rings is 1. The Hall–Kier alpha value is -2.85. The van der Waals surface area contributed by atoms with Gasteiger partial charge < -0.3 is 10.1 Å². The number of hydrogen-bond donors (Lipinski definition) is 2. The molecule has 2 aromatic rings. The third-order valence-electron chi connectivity index (χ3n) is 3.67. The number of ether oxygens (including phenoxy) is 1. The van der Waals surface area contributed by atoms with Crippen LogP contribution in [0.15, 0.2) is 42.6 Å². The van der Waals surface area contributed by atoms with Gasteiger partial charge in [0.25, 0.3) is 11.8 Å². The Morgan fingerprint density at radius 2 is 1.82 bits per heavy atom. The summed E-state index contributed by atoms with van der Waals surface area (Å²) in [5.41, 5.74) is 0.718. The second-order valence-corrected chi connectivity index (χ2v) is 7.65. The lowest BCUT2D eigenvalue weighted by Gasteiger charge is -2.08. The van der Waals surface area contributed by atoms with E-state index in [0.717, 1.165) is 6.20 Å². The van der Waals surface area contributed by atoms with Gasteiger partial charge in [0.2, 0.25) is 10.0 Å². The minimum absolute atomic E-state index is 0.00111. The summed E-state index contributed by atoms with van der Waals surface area (Å²) in [6.45, 7) is 0.660. The molecule has 10 heteroatoms. The van der Waals surface area contributed by atoms with Gasteiger partial charge in [0.1, 0.15) is 11.5 Å². The molecule has 0 spiro atoms. The molecule has 1 aromatic heterocycles. The molecule has 1 heterocycles. The third kappa shape index (κ3) is 6.71. The van der Waals surface area contributed by atoms with Crippen LogP contribution in [0.3, 0.4) is 0 Å². The number of hydrogen-bond acceptors (Lipinski definition) is 6. The molecule has 1 aromatic carbocycles. The maximum absolute atomic E-state index is 12.9. The predicted molar refractivity (Wildman–Crippen MR) is 99.8 cm³/mol. The Morgan fingerprint density at radius 1 is 1.11 bits per heavy atom. The lowest BCUT2D eigenvalue weighted by Crippen LogP contribution is -2.33. The molecule has 28 heavy (non-hydrogen) atoms. The number of methoxy groups -OCH3 is 1. The molecule has 2 rings (SSSR count). The Labute approximate surface area is 162 Å². The van der Waals surface area contributed by atoms with Gasteiger partial charge in [0.15, 0.2) is 0 Å². The largest absolute Gasteiger partial charge is 0.383 e. The zero-order chi connectivity index (χ0) is 20.6. The number of aromatic nitrogens is 1.